The molecule has 0 saturated carbocycles. The van der Waals surface area contributed by atoms with Crippen LogP contribution in [-0.4, -0.2) is 67.5 Å². The van der Waals surface area contributed by atoms with Gasteiger partial charge in [-0.25, -0.2) is 0 Å². The summed E-state index contributed by atoms with van der Waals surface area (Å²) in [5.74, 6) is 0. The number of rotatable bonds is 6. The first-order valence-electron chi connectivity index (χ1n) is 7.04. The maximum Gasteiger partial charge on any atom is 0.0793 e. The van der Waals surface area contributed by atoms with E-state index < -0.39 is 0 Å². The zero-order chi connectivity index (χ0) is 14.4. The van der Waals surface area contributed by atoms with Crippen LogP contribution < -0.4 is 0 Å². The third-order valence-corrected chi connectivity index (χ3v) is 3.99. The van der Waals surface area contributed by atoms with Crippen molar-refractivity contribution in [3.05, 3.63) is 34.3 Å². The monoisotopic (exact) mass is 342 g/mol. The number of benzene rings is 1. The Morgan fingerprint density at radius 2 is 1.95 bits per heavy atom. The molecule has 0 bridgehead atoms. The van der Waals surface area contributed by atoms with Crippen molar-refractivity contribution >= 4 is 15.9 Å². The van der Waals surface area contributed by atoms with Gasteiger partial charge >= 0.3 is 0 Å². The average Bonchev–Trinajstić information content (AvgIpc) is 2.42. The highest BCUT2D eigenvalue weighted by molar-refractivity contribution is 9.10. The standard InChI is InChI=1S/C15H23BrN2O2/c1-17(10-13-2-4-14(16)5-3-13)11-15(19)12-18-6-8-20-9-7-18/h2-5,15,19H,6-12H2,1H3. The Kier molecular flexibility index (Phi) is 6.45. The average molecular weight is 343 g/mol. The van der Waals surface area contributed by atoms with Crippen LogP contribution in [0.15, 0.2) is 28.7 Å². The molecule has 1 fully saturated rings. The van der Waals surface area contributed by atoms with Gasteiger partial charge in [-0.15, -0.1) is 0 Å². The van der Waals surface area contributed by atoms with Gasteiger partial charge in [-0.1, -0.05) is 28.1 Å². The summed E-state index contributed by atoms with van der Waals surface area (Å²) in [7, 11) is 2.05. The number of halogens is 1. The summed E-state index contributed by atoms with van der Waals surface area (Å²) in [4.78, 5) is 4.43. The molecule has 1 N–H and O–H groups in total. The van der Waals surface area contributed by atoms with Crippen LogP contribution in [0.2, 0.25) is 0 Å². The Hall–Kier alpha value is -0.460. The minimum Gasteiger partial charge on any atom is -0.390 e. The molecular formula is C15H23BrN2O2. The van der Waals surface area contributed by atoms with E-state index >= 15 is 0 Å². The maximum absolute atomic E-state index is 10.2. The van der Waals surface area contributed by atoms with Gasteiger partial charge in [0.15, 0.2) is 0 Å². The van der Waals surface area contributed by atoms with Crippen molar-refractivity contribution in [1.29, 1.82) is 0 Å². The number of likely N-dealkylation sites (N-methyl/N-ethyl adjacent to an activating group) is 1. The predicted molar refractivity (Wildman–Crippen MR) is 83.7 cm³/mol. The van der Waals surface area contributed by atoms with E-state index in [-0.39, 0.29) is 6.10 Å². The molecule has 0 aromatic heterocycles. The fourth-order valence-electron chi connectivity index (χ4n) is 2.47. The van der Waals surface area contributed by atoms with Gasteiger partial charge in [-0.2, -0.15) is 0 Å². The molecule has 0 radical (unpaired) electrons. The fourth-order valence-corrected chi connectivity index (χ4v) is 2.73. The van der Waals surface area contributed by atoms with Crippen molar-refractivity contribution < 1.29 is 9.84 Å². The predicted octanol–water partition coefficient (Wildman–Crippen LogP) is 1.57. The van der Waals surface area contributed by atoms with Gasteiger partial charge in [0.05, 0.1) is 19.3 Å². The Morgan fingerprint density at radius 1 is 1.30 bits per heavy atom. The lowest BCUT2D eigenvalue weighted by Crippen LogP contribution is -2.43. The van der Waals surface area contributed by atoms with Gasteiger partial charge in [0.1, 0.15) is 0 Å². The molecule has 1 aromatic carbocycles. The lowest BCUT2D eigenvalue weighted by molar-refractivity contribution is 0.00825. The van der Waals surface area contributed by atoms with Crippen molar-refractivity contribution in [2.45, 2.75) is 12.6 Å². The first kappa shape index (κ1) is 15.9. The molecule has 1 aromatic rings. The highest BCUT2D eigenvalue weighted by atomic mass is 79.9. The number of ether oxygens (including phenoxy) is 1. The Labute approximate surface area is 129 Å². The van der Waals surface area contributed by atoms with E-state index in [0.29, 0.717) is 6.54 Å². The zero-order valence-electron chi connectivity index (χ0n) is 12.0. The summed E-state index contributed by atoms with van der Waals surface area (Å²) in [5, 5.41) is 10.2. The van der Waals surface area contributed by atoms with E-state index in [1.54, 1.807) is 0 Å². The van der Waals surface area contributed by atoms with Crippen LogP contribution in [0.5, 0.6) is 0 Å². The van der Waals surface area contributed by atoms with Gasteiger partial charge in [0, 0.05) is 37.2 Å². The van der Waals surface area contributed by atoms with E-state index in [9.17, 15) is 5.11 Å². The highest BCUT2D eigenvalue weighted by Crippen LogP contribution is 2.12. The molecule has 1 unspecified atom stereocenters. The van der Waals surface area contributed by atoms with Gasteiger partial charge in [0.25, 0.3) is 0 Å². The molecule has 1 heterocycles. The lowest BCUT2D eigenvalue weighted by Gasteiger charge is -2.30. The molecule has 4 nitrogen and oxygen atoms in total. The smallest absolute Gasteiger partial charge is 0.0793 e. The summed E-state index contributed by atoms with van der Waals surface area (Å²) in [6.07, 6.45) is -0.312. The molecule has 1 aliphatic rings. The van der Waals surface area contributed by atoms with Crippen molar-refractivity contribution in [2.24, 2.45) is 0 Å². The van der Waals surface area contributed by atoms with Crippen molar-refractivity contribution in [3.8, 4) is 0 Å². The van der Waals surface area contributed by atoms with Gasteiger partial charge in [-0.3, -0.25) is 9.80 Å². The van der Waals surface area contributed by atoms with Crippen LogP contribution in [-0.2, 0) is 11.3 Å². The molecule has 0 aliphatic carbocycles. The van der Waals surface area contributed by atoms with Crippen LogP contribution in [0, 0.1) is 0 Å². The van der Waals surface area contributed by atoms with Crippen LogP contribution in [0.25, 0.3) is 0 Å². The molecule has 5 heteroatoms. The van der Waals surface area contributed by atoms with Gasteiger partial charge in [0.2, 0.25) is 0 Å². The number of hydrogen-bond donors (Lipinski definition) is 1. The molecule has 1 aliphatic heterocycles. The van der Waals surface area contributed by atoms with E-state index in [2.05, 4.69) is 37.9 Å². The first-order valence-corrected chi connectivity index (χ1v) is 7.84. The quantitative estimate of drug-likeness (QED) is 0.851. The number of β-amino-alcohol motifs (C(OH)–C–C–N with tert-alkyl or cyclic N) is 1. The number of nitrogens with zero attached hydrogens (tertiary/aromatic N) is 2. The normalized spacial score (nSPS) is 18.4. The topological polar surface area (TPSA) is 35.9 Å². The summed E-state index contributed by atoms with van der Waals surface area (Å²) >= 11 is 3.44. The van der Waals surface area contributed by atoms with Crippen LogP contribution in [0.4, 0.5) is 0 Å². The molecule has 2 rings (SSSR count). The van der Waals surface area contributed by atoms with E-state index in [0.717, 1.165) is 43.9 Å². The second kappa shape index (κ2) is 8.10. The highest BCUT2D eigenvalue weighted by Gasteiger charge is 2.16. The summed E-state index contributed by atoms with van der Waals surface area (Å²) < 4.78 is 6.41. The second-order valence-electron chi connectivity index (χ2n) is 5.39. The molecule has 0 amide bonds. The van der Waals surface area contributed by atoms with Crippen LogP contribution >= 0.6 is 15.9 Å². The largest absolute Gasteiger partial charge is 0.390 e. The number of hydrogen-bond acceptors (Lipinski definition) is 4. The SMILES string of the molecule is CN(Cc1ccc(Br)cc1)CC(O)CN1CCOCC1. The minimum atomic E-state index is -0.312. The third kappa shape index (κ3) is 5.50. The molecule has 0 spiro atoms. The third-order valence-electron chi connectivity index (χ3n) is 3.46. The number of morpholine rings is 1. The van der Waals surface area contributed by atoms with Crippen LogP contribution in [0.1, 0.15) is 5.56 Å². The van der Waals surface area contributed by atoms with Gasteiger partial charge < -0.3 is 9.84 Å². The van der Waals surface area contributed by atoms with E-state index in [1.807, 2.05) is 19.2 Å². The molecular weight excluding hydrogens is 320 g/mol. The summed E-state index contributed by atoms with van der Waals surface area (Å²) in [6.45, 7) is 5.68. The maximum atomic E-state index is 10.2. The Bertz CT molecular complexity index is 393. The molecule has 112 valence electrons. The summed E-state index contributed by atoms with van der Waals surface area (Å²) in [6, 6.07) is 8.31. The van der Waals surface area contributed by atoms with E-state index in [1.165, 1.54) is 5.56 Å². The Morgan fingerprint density at radius 3 is 2.60 bits per heavy atom. The summed E-state index contributed by atoms with van der Waals surface area (Å²) in [5.41, 5.74) is 1.26. The first-order chi connectivity index (χ1) is 9.63. The number of aliphatic hydroxyl groups is 1. The molecule has 1 saturated heterocycles. The minimum absolute atomic E-state index is 0.312. The van der Waals surface area contributed by atoms with Gasteiger partial charge in [-0.05, 0) is 24.7 Å². The van der Waals surface area contributed by atoms with Crippen molar-refractivity contribution in [2.75, 3.05) is 46.4 Å². The second-order valence-corrected chi connectivity index (χ2v) is 6.31. The molecule has 1 atom stereocenters. The zero-order valence-corrected chi connectivity index (χ0v) is 13.6. The van der Waals surface area contributed by atoms with Crippen molar-refractivity contribution in [1.82, 2.24) is 9.80 Å². The van der Waals surface area contributed by atoms with E-state index in [4.69, 9.17) is 4.74 Å². The van der Waals surface area contributed by atoms with Crippen molar-refractivity contribution in [3.63, 3.8) is 0 Å². The molecule has 20 heavy (non-hydrogen) atoms. The number of aliphatic hydroxyl groups excluding tert-OH is 1. The fraction of sp³-hybridized carbons (Fsp3) is 0.600. The lowest BCUT2D eigenvalue weighted by atomic mass is 10.2. The Balaban J connectivity index is 1.72. The van der Waals surface area contributed by atoms with Crippen LogP contribution in [0.3, 0.4) is 0 Å².